The van der Waals surface area contributed by atoms with Crippen molar-refractivity contribution in [3.63, 3.8) is 0 Å². The van der Waals surface area contributed by atoms with Gasteiger partial charge in [-0.05, 0) is 39.0 Å². The molecule has 0 aromatic heterocycles. The third-order valence-corrected chi connectivity index (χ3v) is 4.88. The molecule has 0 aliphatic heterocycles. The van der Waals surface area contributed by atoms with E-state index < -0.39 is 0 Å². The summed E-state index contributed by atoms with van der Waals surface area (Å²) in [4.78, 5) is 0. The normalized spacial score (nSPS) is 10.9. The van der Waals surface area contributed by atoms with E-state index in [0.29, 0.717) is 0 Å². The Morgan fingerprint density at radius 1 is 0.536 bits per heavy atom. The molecule has 4 rings (SSSR count). The number of rotatable bonds is 5. The zero-order valence-corrected chi connectivity index (χ0v) is 15.8. The Morgan fingerprint density at radius 2 is 1.11 bits per heavy atom. The van der Waals surface area contributed by atoms with Crippen LogP contribution in [0.25, 0.3) is 28.9 Å². The monoisotopic (exact) mass is 358 g/mol. The Kier molecular flexibility index (Phi) is 5.31. The van der Waals surface area contributed by atoms with Crippen LogP contribution in [0.2, 0.25) is 0 Å². The molecule has 28 heavy (non-hydrogen) atoms. The van der Waals surface area contributed by atoms with E-state index >= 15 is 0 Å². The fraction of sp³-hybridized carbons (Fsp3) is 0. The lowest BCUT2D eigenvalue weighted by Gasteiger charge is -2.14. The van der Waals surface area contributed by atoms with Gasteiger partial charge in [0.2, 0.25) is 0 Å². The number of hydrogen-bond acceptors (Lipinski definition) is 0. The minimum absolute atomic E-state index is 1.04. The second kappa shape index (κ2) is 8.37. The van der Waals surface area contributed by atoms with Crippen LogP contribution in [0.1, 0.15) is 22.3 Å². The summed E-state index contributed by atoms with van der Waals surface area (Å²) < 4.78 is 0. The SMILES string of the molecule is C=C(c1ccccc1)c1ccccc1-c1ccccc1/C=C/c1ccccc1. The average molecular weight is 358 g/mol. The molecule has 0 heterocycles. The minimum atomic E-state index is 1.04. The highest BCUT2D eigenvalue weighted by atomic mass is 14.1. The quantitative estimate of drug-likeness (QED) is 0.322. The van der Waals surface area contributed by atoms with Crippen molar-refractivity contribution < 1.29 is 0 Å². The van der Waals surface area contributed by atoms with Crippen molar-refractivity contribution in [2.24, 2.45) is 0 Å². The van der Waals surface area contributed by atoms with Gasteiger partial charge in [-0.2, -0.15) is 0 Å². The highest BCUT2D eigenvalue weighted by molar-refractivity contribution is 5.91. The molecule has 4 aromatic rings. The van der Waals surface area contributed by atoms with Gasteiger partial charge in [-0.15, -0.1) is 0 Å². The Labute approximate surface area is 167 Å². The van der Waals surface area contributed by atoms with Crippen molar-refractivity contribution in [1.29, 1.82) is 0 Å². The molecule has 0 aliphatic rings. The van der Waals surface area contributed by atoms with Gasteiger partial charge in [0, 0.05) is 0 Å². The first-order valence-corrected chi connectivity index (χ1v) is 9.49. The van der Waals surface area contributed by atoms with Gasteiger partial charge in [-0.1, -0.05) is 128 Å². The predicted molar refractivity (Wildman–Crippen MR) is 122 cm³/mol. The largest absolute Gasteiger partial charge is 0.0905 e. The van der Waals surface area contributed by atoms with E-state index in [-0.39, 0.29) is 0 Å². The smallest absolute Gasteiger partial charge is 0.00994 e. The van der Waals surface area contributed by atoms with Crippen LogP contribution in [0, 0.1) is 0 Å². The molecule has 0 atom stereocenters. The first-order chi connectivity index (χ1) is 13.8. The van der Waals surface area contributed by atoms with E-state index in [1.54, 1.807) is 0 Å². The van der Waals surface area contributed by atoms with Crippen molar-refractivity contribution in [2.45, 2.75) is 0 Å². The third-order valence-electron chi connectivity index (χ3n) is 4.88. The van der Waals surface area contributed by atoms with Gasteiger partial charge in [0.1, 0.15) is 0 Å². The molecule has 4 aromatic carbocycles. The Bertz CT molecular complexity index is 1100. The number of hydrogen-bond donors (Lipinski definition) is 0. The number of benzene rings is 4. The topological polar surface area (TPSA) is 0 Å². The molecular formula is C28H22. The van der Waals surface area contributed by atoms with Gasteiger partial charge in [0.25, 0.3) is 0 Å². The van der Waals surface area contributed by atoms with Crippen LogP contribution in [0.5, 0.6) is 0 Å². The van der Waals surface area contributed by atoms with Crippen molar-refractivity contribution in [3.8, 4) is 11.1 Å². The van der Waals surface area contributed by atoms with Crippen molar-refractivity contribution in [3.05, 3.63) is 138 Å². The molecule has 0 bridgehead atoms. The van der Waals surface area contributed by atoms with E-state index in [0.717, 1.165) is 16.7 Å². The maximum atomic E-state index is 4.39. The van der Waals surface area contributed by atoms with Gasteiger partial charge >= 0.3 is 0 Å². The lowest BCUT2D eigenvalue weighted by molar-refractivity contribution is 1.52. The van der Waals surface area contributed by atoms with Crippen molar-refractivity contribution >= 4 is 17.7 Å². The van der Waals surface area contributed by atoms with E-state index in [1.807, 2.05) is 12.1 Å². The van der Waals surface area contributed by atoms with E-state index in [4.69, 9.17) is 0 Å². The summed E-state index contributed by atoms with van der Waals surface area (Å²) in [6.45, 7) is 4.39. The van der Waals surface area contributed by atoms with E-state index in [2.05, 4.69) is 116 Å². The summed E-state index contributed by atoms with van der Waals surface area (Å²) in [6.07, 6.45) is 4.35. The van der Waals surface area contributed by atoms with Gasteiger partial charge < -0.3 is 0 Å². The van der Waals surface area contributed by atoms with E-state index in [1.165, 1.54) is 22.3 Å². The summed E-state index contributed by atoms with van der Waals surface area (Å²) in [6, 6.07) is 37.8. The fourth-order valence-corrected chi connectivity index (χ4v) is 3.41. The molecule has 0 saturated heterocycles. The fourth-order valence-electron chi connectivity index (χ4n) is 3.41. The van der Waals surface area contributed by atoms with Crippen LogP contribution in [-0.4, -0.2) is 0 Å². The zero-order valence-electron chi connectivity index (χ0n) is 15.8. The first-order valence-electron chi connectivity index (χ1n) is 9.49. The molecule has 0 nitrogen and oxygen atoms in total. The molecule has 0 aliphatic carbocycles. The Morgan fingerprint density at radius 3 is 1.86 bits per heavy atom. The summed E-state index contributed by atoms with van der Waals surface area (Å²) in [5.41, 5.74) is 8.14. The molecular weight excluding hydrogens is 336 g/mol. The predicted octanol–water partition coefficient (Wildman–Crippen LogP) is 7.59. The summed E-state index contributed by atoms with van der Waals surface area (Å²) >= 11 is 0. The second-order valence-electron chi connectivity index (χ2n) is 6.72. The van der Waals surface area contributed by atoms with Gasteiger partial charge in [0.15, 0.2) is 0 Å². The Balaban J connectivity index is 1.77. The van der Waals surface area contributed by atoms with Crippen LogP contribution in [0.3, 0.4) is 0 Å². The molecule has 0 spiro atoms. The molecule has 0 unspecified atom stereocenters. The van der Waals surface area contributed by atoms with Crippen LogP contribution in [-0.2, 0) is 0 Å². The van der Waals surface area contributed by atoms with Gasteiger partial charge in [0.05, 0.1) is 0 Å². The molecule has 0 saturated carbocycles. The molecule has 0 fully saturated rings. The molecule has 0 heteroatoms. The average Bonchev–Trinajstić information content (AvgIpc) is 2.79. The molecule has 0 radical (unpaired) electrons. The van der Waals surface area contributed by atoms with Gasteiger partial charge in [-0.25, -0.2) is 0 Å². The van der Waals surface area contributed by atoms with Crippen LogP contribution in [0.4, 0.5) is 0 Å². The van der Waals surface area contributed by atoms with Crippen LogP contribution in [0.15, 0.2) is 116 Å². The molecule has 134 valence electrons. The van der Waals surface area contributed by atoms with Crippen molar-refractivity contribution in [2.75, 3.05) is 0 Å². The summed E-state index contributed by atoms with van der Waals surface area (Å²) in [5.74, 6) is 0. The van der Waals surface area contributed by atoms with Crippen molar-refractivity contribution in [1.82, 2.24) is 0 Å². The Hall–Kier alpha value is -3.64. The lowest BCUT2D eigenvalue weighted by atomic mass is 9.89. The van der Waals surface area contributed by atoms with Crippen LogP contribution >= 0.6 is 0 Å². The molecule has 0 amide bonds. The first kappa shape index (κ1) is 17.8. The maximum absolute atomic E-state index is 4.39. The summed E-state index contributed by atoms with van der Waals surface area (Å²) in [7, 11) is 0. The van der Waals surface area contributed by atoms with Crippen LogP contribution < -0.4 is 0 Å². The minimum Gasteiger partial charge on any atom is -0.0905 e. The maximum Gasteiger partial charge on any atom is -0.00994 e. The highest BCUT2D eigenvalue weighted by Gasteiger charge is 2.11. The van der Waals surface area contributed by atoms with E-state index in [9.17, 15) is 0 Å². The zero-order chi connectivity index (χ0) is 19.2. The third kappa shape index (κ3) is 3.87. The van der Waals surface area contributed by atoms with Gasteiger partial charge in [-0.3, -0.25) is 0 Å². The second-order valence-corrected chi connectivity index (χ2v) is 6.72. The molecule has 0 N–H and O–H groups in total. The highest BCUT2D eigenvalue weighted by Crippen LogP contribution is 2.34. The lowest BCUT2D eigenvalue weighted by Crippen LogP contribution is -1.92. The summed E-state index contributed by atoms with van der Waals surface area (Å²) in [5, 5.41) is 0. The standard InChI is InChI=1S/C28H22/c1-22(24-14-6-3-7-15-24)26-17-10-11-19-28(26)27-18-9-8-16-25(27)21-20-23-12-4-2-5-13-23/h2-21H,1H2/b21-20+.